The number of aliphatic hydroxyl groups is 1. The van der Waals surface area contributed by atoms with Gasteiger partial charge >= 0.3 is 0 Å². The molecule has 0 amide bonds. The standard InChI is InChI=1S/C9H10O/c1-8(10)6-7-9-4-2-3-5-9/h2-7,10H,1H3/b8-6-. The fourth-order valence-corrected chi connectivity index (χ4v) is 0.717. The molecule has 1 rings (SSSR count). The number of hydrogen-bond acceptors (Lipinski definition) is 1. The minimum atomic E-state index is 0.334. The molecule has 0 saturated heterocycles. The van der Waals surface area contributed by atoms with E-state index in [9.17, 15) is 0 Å². The maximum atomic E-state index is 8.78. The van der Waals surface area contributed by atoms with Gasteiger partial charge in [0.15, 0.2) is 0 Å². The normalized spacial score (nSPS) is 16.5. The molecule has 0 spiro atoms. The van der Waals surface area contributed by atoms with Gasteiger partial charge in [-0.05, 0) is 18.6 Å². The van der Waals surface area contributed by atoms with Crippen LogP contribution in [-0.2, 0) is 0 Å². The molecular weight excluding hydrogens is 124 g/mol. The minimum Gasteiger partial charge on any atom is -0.513 e. The first kappa shape index (κ1) is 6.87. The van der Waals surface area contributed by atoms with E-state index in [1.165, 1.54) is 0 Å². The first-order chi connectivity index (χ1) is 4.79. The highest BCUT2D eigenvalue weighted by molar-refractivity contribution is 5.41. The summed E-state index contributed by atoms with van der Waals surface area (Å²) in [5.41, 5.74) is 1.12. The van der Waals surface area contributed by atoms with Gasteiger partial charge in [-0.15, -0.1) is 0 Å². The van der Waals surface area contributed by atoms with Gasteiger partial charge < -0.3 is 5.11 Å². The summed E-state index contributed by atoms with van der Waals surface area (Å²) in [6.07, 6.45) is 11.4. The predicted octanol–water partition coefficient (Wildman–Crippen LogP) is 2.50. The highest BCUT2D eigenvalue weighted by atomic mass is 16.3. The second-order valence-electron chi connectivity index (χ2n) is 2.19. The largest absolute Gasteiger partial charge is 0.513 e. The van der Waals surface area contributed by atoms with Crippen molar-refractivity contribution in [2.24, 2.45) is 0 Å². The third-order valence-corrected chi connectivity index (χ3v) is 1.21. The third-order valence-electron chi connectivity index (χ3n) is 1.21. The lowest BCUT2D eigenvalue weighted by atomic mass is 10.2. The molecule has 0 atom stereocenters. The maximum Gasteiger partial charge on any atom is 0.0891 e. The van der Waals surface area contributed by atoms with Gasteiger partial charge in [-0.2, -0.15) is 0 Å². The van der Waals surface area contributed by atoms with Crippen LogP contribution in [0.4, 0.5) is 0 Å². The molecule has 0 saturated carbocycles. The number of allylic oxidation sites excluding steroid dienone is 8. The van der Waals surface area contributed by atoms with Crippen LogP contribution in [0.1, 0.15) is 6.92 Å². The Balaban J connectivity index is 2.65. The molecule has 0 unspecified atom stereocenters. The predicted molar refractivity (Wildman–Crippen MR) is 42.7 cm³/mol. The van der Waals surface area contributed by atoms with Crippen molar-refractivity contribution in [2.45, 2.75) is 6.92 Å². The van der Waals surface area contributed by atoms with Crippen molar-refractivity contribution in [1.82, 2.24) is 0 Å². The van der Waals surface area contributed by atoms with Gasteiger partial charge in [0.2, 0.25) is 0 Å². The van der Waals surface area contributed by atoms with E-state index in [0.717, 1.165) is 5.57 Å². The molecule has 10 heavy (non-hydrogen) atoms. The van der Waals surface area contributed by atoms with Crippen LogP contribution in [0.3, 0.4) is 0 Å². The van der Waals surface area contributed by atoms with Crippen LogP contribution in [0.2, 0.25) is 0 Å². The summed E-state index contributed by atoms with van der Waals surface area (Å²) >= 11 is 0. The number of aliphatic hydroxyl groups excluding tert-OH is 1. The lowest BCUT2D eigenvalue weighted by Crippen LogP contribution is -1.68. The maximum absolute atomic E-state index is 8.78. The SMILES string of the molecule is C/C(O)=C/C=C1C=CC=C1. The van der Waals surface area contributed by atoms with Crippen LogP contribution in [-0.4, -0.2) is 5.11 Å². The Morgan fingerprint density at radius 2 is 2.00 bits per heavy atom. The van der Waals surface area contributed by atoms with Crippen LogP contribution in [0.15, 0.2) is 47.8 Å². The molecule has 1 heteroatoms. The first-order valence-corrected chi connectivity index (χ1v) is 3.21. The summed E-state index contributed by atoms with van der Waals surface area (Å²) in [4.78, 5) is 0. The van der Waals surface area contributed by atoms with Gasteiger partial charge in [-0.25, -0.2) is 0 Å². The summed E-state index contributed by atoms with van der Waals surface area (Å²) in [7, 11) is 0. The van der Waals surface area contributed by atoms with Gasteiger partial charge in [-0.3, -0.25) is 0 Å². The zero-order valence-electron chi connectivity index (χ0n) is 5.91. The highest BCUT2D eigenvalue weighted by Gasteiger charge is 1.87. The molecule has 0 aromatic carbocycles. The van der Waals surface area contributed by atoms with Gasteiger partial charge in [-0.1, -0.05) is 30.4 Å². The number of rotatable bonds is 1. The monoisotopic (exact) mass is 134 g/mol. The van der Waals surface area contributed by atoms with Crippen molar-refractivity contribution in [3.8, 4) is 0 Å². The number of hydrogen-bond donors (Lipinski definition) is 1. The summed E-state index contributed by atoms with van der Waals surface area (Å²) in [5, 5.41) is 8.78. The molecule has 0 aromatic heterocycles. The minimum absolute atomic E-state index is 0.334. The Labute approximate surface area is 60.7 Å². The van der Waals surface area contributed by atoms with E-state index >= 15 is 0 Å². The lowest BCUT2D eigenvalue weighted by molar-refractivity contribution is 0.414. The molecule has 52 valence electrons. The molecule has 0 heterocycles. The summed E-state index contributed by atoms with van der Waals surface area (Å²) in [6.45, 7) is 1.65. The van der Waals surface area contributed by atoms with Crippen LogP contribution < -0.4 is 0 Å². The molecule has 0 aliphatic heterocycles. The quantitative estimate of drug-likeness (QED) is 0.546. The van der Waals surface area contributed by atoms with E-state index in [2.05, 4.69) is 0 Å². The first-order valence-electron chi connectivity index (χ1n) is 3.21. The Kier molecular flexibility index (Phi) is 2.11. The topological polar surface area (TPSA) is 20.2 Å². The van der Waals surface area contributed by atoms with E-state index in [0.29, 0.717) is 5.76 Å². The van der Waals surface area contributed by atoms with Gasteiger partial charge in [0.25, 0.3) is 0 Å². The van der Waals surface area contributed by atoms with E-state index in [4.69, 9.17) is 5.11 Å². The molecule has 0 bridgehead atoms. The van der Waals surface area contributed by atoms with E-state index in [1.54, 1.807) is 13.0 Å². The van der Waals surface area contributed by atoms with Gasteiger partial charge in [0.05, 0.1) is 5.76 Å². The van der Waals surface area contributed by atoms with Crippen molar-refractivity contribution in [3.63, 3.8) is 0 Å². The molecule has 0 radical (unpaired) electrons. The molecule has 1 nitrogen and oxygen atoms in total. The third kappa shape index (κ3) is 1.94. The van der Waals surface area contributed by atoms with E-state index in [-0.39, 0.29) is 0 Å². The zero-order chi connectivity index (χ0) is 7.40. The van der Waals surface area contributed by atoms with Crippen molar-refractivity contribution in [3.05, 3.63) is 47.8 Å². The second kappa shape index (κ2) is 3.06. The molecule has 0 fully saturated rings. The smallest absolute Gasteiger partial charge is 0.0891 e. The van der Waals surface area contributed by atoms with Gasteiger partial charge in [0.1, 0.15) is 0 Å². The Morgan fingerprint density at radius 3 is 2.50 bits per heavy atom. The van der Waals surface area contributed by atoms with Crippen LogP contribution in [0, 0.1) is 0 Å². The highest BCUT2D eigenvalue weighted by Crippen LogP contribution is 2.06. The van der Waals surface area contributed by atoms with Crippen molar-refractivity contribution in [1.29, 1.82) is 0 Å². The zero-order valence-corrected chi connectivity index (χ0v) is 5.91. The second-order valence-corrected chi connectivity index (χ2v) is 2.19. The summed E-state index contributed by atoms with van der Waals surface area (Å²) < 4.78 is 0. The average molecular weight is 134 g/mol. The fourth-order valence-electron chi connectivity index (χ4n) is 0.717. The average Bonchev–Trinajstić information content (AvgIpc) is 2.34. The fraction of sp³-hybridized carbons (Fsp3) is 0.111. The molecular formula is C9H10O. The van der Waals surface area contributed by atoms with Crippen LogP contribution in [0.25, 0.3) is 0 Å². The Morgan fingerprint density at radius 1 is 1.40 bits per heavy atom. The van der Waals surface area contributed by atoms with Crippen molar-refractivity contribution < 1.29 is 5.11 Å². The molecule has 1 aliphatic rings. The Hall–Kier alpha value is -1.24. The summed E-state index contributed by atoms with van der Waals surface area (Å²) in [5.74, 6) is 0.334. The van der Waals surface area contributed by atoms with Crippen LogP contribution >= 0.6 is 0 Å². The van der Waals surface area contributed by atoms with Gasteiger partial charge in [0, 0.05) is 0 Å². The molecule has 1 aliphatic carbocycles. The van der Waals surface area contributed by atoms with Crippen LogP contribution in [0.5, 0.6) is 0 Å². The van der Waals surface area contributed by atoms with Crippen molar-refractivity contribution in [2.75, 3.05) is 0 Å². The molecule has 0 aromatic rings. The van der Waals surface area contributed by atoms with E-state index < -0.39 is 0 Å². The van der Waals surface area contributed by atoms with Crippen molar-refractivity contribution >= 4 is 0 Å². The lowest BCUT2D eigenvalue weighted by Gasteiger charge is -1.85. The Bertz CT molecular complexity index is 211. The van der Waals surface area contributed by atoms with E-state index in [1.807, 2.05) is 30.4 Å². The molecule has 1 N–H and O–H groups in total. The summed E-state index contributed by atoms with van der Waals surface area (Å²) in [6, 6.07) is 0.